The highest BCUT2D eigenvalue weighted by atomic mass is 16.2. The topological polar surface area (TPSA) is 91.0 Å². The number of nitrogens with zero attached hydrogens (tertiary/aromatic N) is 3. The number of pyridine rings is 1. The Morgan fingerprint density at radius 2 is 2.30 bits per heavy atom. The summed E-state index contributed by atoms with van der Waals surface area (Å²) in [6.07, 6.45) is 3.66. The number of amides is 1. The molecule has 1 fully saturated rings. The lowest BCUT2D eigenvalue weighted by molar-refractivity contribution is 0.0950. The molecule has 1 saturated heterocycles. The number of hydrogen-bond donors (Lipinski definition) is 2. The van der Waals surface area contributed by atoms with E-state index in [4.69, 9.17) is 0 Å². The van der Waals surface area contributed by atoms with Crippen molar-refractivity contribution in [2.75, 3.05) is 18.0 Å². The molecule has 1 unspecified atom stereocenters. The molecule has 3 heterocycles. The Hall–Kier alpha value is -2.70. The van der Waals surface area contributed by atoms with Crippen LogP contribution in [0.25, 0.3) is 0 Å². The maximum Gasteiger partial charge on any atom is 0.260 e. The van der Waals surface area contributed by atoms with E-state index in [1.165, 1.54) is 0 Å². The fourth-order valence-corrected chi connectivity index (χ4v) is 2.85. The lowest BCUT2D eigenvalue weighted by atomic mass is 10.2. The van der Waals surface area contributed by atoms with Crippen LogP contribution in [-0.2, 0) is 0 Å². The molecule has 0 saturated carbocycles. The zero-order valence-electron chi connectivity index (χ0n) is 13.0. The van der Waals surface area contributed by atoms with Gasteiger partial charge in [-0.05, 0) is 44.0 Å². The van der Waals surface area contributed by atoms with Gasteiger partial charge < -0.3 is 15.2 Å². The van der Waals surface area contributed by atoms with E-state index in [-0.39, 0.29) is 23.1 Å². The second kappa shape index (κ2) is 6.60. The quantitative estimate of drug-likeness (QED) is 0.874. The van der Waals surface area contributed by atoms with E-state index < -0.39 is 0 Å². The molecule has 0 aromatic carbocycles. The van der Waals surface area contributed by atoms with E-state index in [2.05, 4.69) is 25.4 Å². The molecule has 7 nitrogen and oxygen atoms in total. The normalized spacial score (nSPS) is 17.3. The van der Waals surface area contributed by atoms with Crippen LogP contribution >= 0.6 is 0 Å². The van der Waals surface area contributed by atoms with Gasteiger partial charge in [-0.3, -0.25) is 9.59 Å². The summed E-state index contributed by atoms with van der Waals surface area (Å²) >= 11 is 0. The Bertz CT molecular complexity index is 744. The summed E-state index contributed by atoms with van der Waals surface area (Å²) < 4.78 is 0. The summed E-state index contributed by atoms with van der Waals surface area (Å²) in [6.45, 7) is 3.15. The number of aromatic nitrogens is 3. The van der Waals surface area contributed by atoms with E-state index in [0.29, 0.717) is 6.54 Å². The van der Waals surface area contributed by atoms with Gasteiger partial charge in [0.25, 0.3) is 11.5 Å². The van der Waals surface area contributed by atoms with E-state index in [1.807, 2.05) is 12.1 Å². The summed E-state index contributed by atoms with van der Waals surface area (Å²) in [5.41, 5.74) is 0.510. The average Bonchev–Trinajstić information content (AvgIpc) is 3.02. The van der Waals surface area contributed by atoms with Crippen LogP contribution in [0.5, 0.6) is 0 Å². The van der Waals surface area contributed by atoms with Gasteiger partial charge in [0, 0.05) is 31.0 Å². The smallest absolute Gasteiger partial charge is 0.260 e. The van der Waals surface area contributed by atoms with Crippen LogP contribution in [0.2, 0.25) is 0 Å². The number of aromatic amines is 1. The van der Waals surface area contributed by atoms with Crippen molar-refractivity contribution in [3.05, 3.63) is 52.1 Å². The summed E-state index contributed by atoms with van der Waals surface area (Å²) in [5.74, 6) is 0.467. The van der Waals surface area contributed by atoms with Crippen LogP contribution in [0, 0.1) is 6.92 Å². The molecular formula is C16H19N5O2. The van der Waals surface area contributed by atoms with E-state index in [1.54, 1.807) is 25.3 Å². The molecule has 7 heteroatoms. The molecule has 0 bridgehead atoms. The van der Waals surface area contributed by atoms with Crippen LogP contribution in [0.4, 0.5) is 5.82 Å². The molecule has 0 radical (unpaired) electrons. The molecule has 1 atom stereocenters. The molecule has 2 aromatic rings. The lowest BCUT2D eigenvalue weighted by Crippen LogP contribution is -2.41. The molecule has 1 aliphatic rings. The average molecular weight is 313 g/mol. The summed E-state index contributed by atoms with van der Waals surface area (Å²) in [5, 5.41) is 10.9. The number of nitrogens with one attached hydrogen (secondary N) is 2. The van der Waals surface area contributed by atoms with E-state index in [9.17, 15) is 9.59 Å². The predicted molar refractivity (Wildman–Crippen MR) is 86.5 cm³/mol. The first-order valence-corrected chi connectivity index (χ1v) is 7.67. The first kappa shape index (κ1) is 15.2. The SMILES string of the molecule is Cc1ccc(C(=O)NCC2CCCN2c2cccnn2)c(=O)[nH]1. The number of hydrogen-bond acceptors (Lipinski definition) is 5. The molecular weight excluding hydrogens is 294 g/mol. The third-order valence-corrected chi connectivity index (χ3v) is 4.03. The van der Waals surface area contributed by atoms with Crippen molar-refractivity contribution >= 4 is 11.7 Å². The molecule has 0 spiro atoms. The van der Waals surface area contributed by atoms with Gasteiger partial charge in [0.2, 0.25) is 0 Å². The van der Waals surface area contributed by atoms with Crippen molar-refractivity contribution in [2.24, 2.45) is 0 Å². The number of carbonyl (C=O) groups excluding carboxylic acids is 1. The van der Waals surface area contributed by atoms with Crippen molar-refractivity contribution in [3.63, 3.8) is 0 Å². The highest BCUT2D eigenvalue weighted by molar-refractivity contribution is 5.93. The van der Waals surface area contributed by atoms with Crippen molar-refractivity contribution in [3.8, 4) is 0 Å². The molecule has 0 aliphatic carbocycles. The number of carbonyl (C=O) groups is 1. The Morgan fingerprint density at radius 1 is 1.43 bits per heavy atom. The minimum absolute atomic E-state index is 0.139. The Kier molecular flexibility index (Phi) is 4.36. The second-order valence-electron chi connectivity index (χ2n) is 5.67. The highest BCUT2D eigenvalue weighted by Gasteiger charge is 2.26. The number of rotatable bonds is 4. The lowest BCUT2D eigenvalue weighted by Gasteiger charge is -2.25. The maximum atomic E-state index is 12.2. The Labute approximate surface area is 133 Å². The van der Waals surface area contributed by atoms with Gasteiger partial charge in [-0.15, -0.1) is 5.10 Å². The third-order valence-electron chi connectivity index (χ3n) is 4.03. The van der Waals surface area contributed by atoms with Gasteiger partial charge in [-0.25, -0.2) is 0 Å². The molecule has 1 amide bonds. The molecule has 2 N–H and O–H groups in total. The Morgan fingerprint density at radius 3 is 3.04 bits per heavy atom. The highest BCUT2D eigenvalue weighted by Crippen LogP contribution is 2.22. The van der Waals surface area contributed by atoms with Gasteiger partial charge in [-0.2, -0.15) is 5.10 Å². The summed E-state index contributed by atoms with van der Waals surface area (Å²) in [6, 6.07) is 7.20. The van der Waals surface area contributed by atoms with Crippen molar-refractivity contribution in [1.29, 1.82) is 0 Å². The standard InChI is InChI=1S/C16H19N5O2/c1-11-6-7-13(16(23)19-11)15(22)17-10-12-4-3-9-21(12)14-5-2-8-18-20-14/h2,5-8,12H,3-4,9-10H2,1H3,(H,17,22)(H,19,23). The van der Waals surface area contributed by atoms with Gasteiger partial charge in [0.05, 0.1) is 0 Å². The van der Waals surface area contributed by atoms with Gasteiger partial charge in [0.1, 0.15) is 5.56 Å². The first-order valence-electron chi connectivity index (χ1n) is 7.67. The molecule has 2 aromatic heterocycles. The minimum atomic E-state index is -0.361. The third kappa shape index (κ3) is 3.39. The van der Waals surface area contributed by atoms with Crippen LogP contribution in [-0.4, -0.2) is 40.2 Å². The molecule has 23 heavy (non-hydrogen) atoms. The largest absolute Gasteiger partial charge is 0.350 e. The summed E-state index contributed by atoms with van der Waals surface area (Å²) in [7, 11) is 0. The molecule has 1 aliphatic heterocycles. The van der Waals surface area contributed by atoms with E-state index >= 15 is 0 Å². The zero-order chi connectivity index (χ0) is 16.2. The van der Waals surface area contributed by atoms with Crippen molar-refractivity contribution < 1.29 is 4.79 Å². The van der Waals surface area contributed by atoms with Crippen molar-refractivity contribution in [1.82, 2.24) is 20.5 Å². The van der Waals surface area contributed by atoms with Crippen molar-refractivity contribution in [2.45, 2.75) is 25.8 Å². The fourth-order valence-electron chi connectivity index (χ4n) is 2.85. The first-order chi connectivity index (χ1) is 11.1. The number of aryl methyl sites for hydroxylation is 1. The predicted octanol–water partition coefficient (Wildman–Crippen LogP) is 0.872. The van der Waals surface area contributed by atoms with Gasteiger partial charge >= 0.3 is 0 Å². The zero-order valence-corrected chi connectivity index (χ0v) is 13.0. The minimum Gasteiger partial charge on any atom is -0.350 e. The number of anilines is 1. The van der Waals surface area contributed by atoms with Crippen LogP contribution in [0.15, 0.2) is 35.3 Å². The van der Waals surface area contributed by atoms with E-state index in [0.717, 1.165) is 30.9 Å². The molecule has 3 rings (SSSR count). The van der Waals surface area contributed by atoms with Crippen LogP contribution in [0.1, 0.15) is 28.9 Å². The van der Waals surface area contributed by atoms with Gasteiger partial charge in [0.15, 0.2) is 5.82 Å². The van der Waals surface area contributed by atoms with Crippen LogP contribution in [0.3, 0.4) is 0 Å². The van der Waals surface area contributed by atoms with Gasteiger partial charge in [-0.1, -0.05) is 0 Å². The maximum absolute atomic E-state index is 12.2. The fraction of sp³-hybridized carbons (Fsp3) is 0.375. The molecule has 120 valence electrons. The number of H-pyrrole nitrogens is 1. The Balaban J connectivity index is 1.65. The second-order valence-corrected chi connectivity index (χ2v) is 5.67. The monoisotopic (exact) mass is 313 g/mol. The summed E-state index contributed by atoms with van der Waals surface area (Å²) in [4.78, 5) is 28.8. The van der Waals surface area contributed by atoms with Crippen LogP contribution < -0.4 is 15.8 Å².